The molecule has 0 amide bonds. The third-order valence-corrected chi connectivity index (χ3v) is 4.38. The van der Waals surface area contributed by atoms with Gasteiger partial charge in [-0.05, 0) is 36.3 Å². The Hall–Kier alpha value is -2.27. The summed E-state index contributed by atoms with van der Waals surface area (Å²) in [7, 11) is 1.97. The molecule has 1 N–H and O–H groups in total. The molecule has 2 aromatic carbocycles. The lowest BCUT2D eigenvalue weighted by Crippen LogP contribution is -2.45. The summed E-state index contributed by atoms with van der Waals surface area (Å²) in [5, 5.41) is 4.03. The second kappa shape index (κ2) is 8.02. The third-order valence-electron chi connectivity index (χ3n) is 3.92. The van der Waals surface area contributed by atoms with Gasteiger partial charge in [-0.2, -0.15) is 0 Å². The molecule has 0 aliphatic carbocycles. The number of ether oxygens (including phenoxy) is 2. The fraction of sp³-hybridized carbons (Fsp3) is 0.316. The van der Waals surface area contributed by atoms with Crippen molar-refractivity contribution in [3.63, 3.8) is 0 Å². The van der Waals surface area contributed by atoms with Crippen molar-refractivity contribution in [2.75, 3.05) is 26.7 Å². The first kappa shape index (κ1) is 16.6. The number of nitrogens with one attached hydrogen (secondary N) is 1. The summed E-state index contributed by atoms with van der Waals surface area (Å²) in [6.45, 7) is 2.04. The average Bonchev–Trinajstić information content (AvgIpc) is 2.62. The van der Waals surface area contributed by atoms with E-state index in [0.717, 1.165) is 29.6 Å². The van der Waals surface area contributed by atoms with Crippen LogP contribution in [0.2, 0.25) is 0 Å². The Morgan fingerprint density at radius 1 is 1.12 bits per heavy atom. The van der Waals surface area contributed by atoms with E-state index in [1.807, 2.05) is 42.3 Å². The monoisotopic (exact) mass is 342 g/mol. The van der Waals surface area contributed by atoms with E-state index in [1.54, 1.807) is 0 Å². The molecule has 2 aromatic rings. The predicted octanol–water partition coefficient (Wildman–Crippen LogP) is 2.88. The van der Waals surface area contributed by atoms with Crippen LogP contribution in [-0.4, -0.2) is 42.9 Å². The fourth-order valence-corrected chi connectivity index (χ4v) is 2.81. The molecule has 1 aliphatic rings. The number of fused-ring (bicyclic) bond motifs is 1. The van der Waals surface area contributed by atoms with Crippen molar-refractivity contribution in [1.29, 1.82) is 0 Å². The number of hydrogen-bond acceptors (Lipinski definition) is 3. The maximum absolute atomic E-state index is 5.97. The summed E-state index contributed by atoms with van der Waals surface area (Å²) in [5.41, 5.74) is 1.30. The second-order valence-electron chi connectivity index (χ2n) is 5.85. The van der Waals surface area contributed by atoms with Crippen LogP contribution in [0.4, 0.5) is 0 Å². The quantitative estimate of drug-likeness (QED) is 0.845. The molecular formula is C19H22N2O2S. The number of para-hydroxylation sites is 2. The molecule has 126 valence electrons. The Morgan fingerprint density at radius 3 is 2.62 bits per heavy atom. The van der Waals surface area contributed by atoms with Crippen LogP contribution in [0.1, 0.15) is 5.56 Å². The molecule has 0 radical (unpaired) electrons. The van der Waals surface area contributed by atoms with Crippen LogP contribution in [0, 0.1) is 0 Å². The van der Waals surface area contributed by atoms with Gasteiger partial charge in [0.2, 0.25) is 0 Å². The molecule has 24 heavy (non-hydrogen) atoms. The van der Waals surface area contributed by atoms with E-state index in [-0.39, 0.29) is 6.10 Å². The van der Waals surface area contributed by atoms with Crippen LogP contribution < -0.4 is 14.8 Å². The molecule has 0 fully saturated rings. The standard InChI is InChI=1S/C19H22N2O2S/c1-21(19(24)20-12-11-15-7-3-2-4-8-15)13-16-14-22-17-9-5-6-10-18(17)23-16/h2-10,16H,11-14H2,1H3,(H,20,24)/t16-/m1/s1. The zero-order chi connectivity index (χ0) is 16.8. The number of benzene rings is 2. The Bertz CT molecular complexity index is 678. The summed E-state index contributed by atoms with van der Waals surface area (Å²) in [5.74, 6) is 1.60. The molecule has 0 unspecified atom stereocenters. The van der Waals surface area contributed by atoms with Gasteiger partial charge >= 0.3 is 0 Å². The first-order chi connectivity index (χ1) is 11.7. The van der Waals surface area contributed by atoms with Crippen LogP contribution in [0.3, 0.4) is 0 Å². The zero-order valence-corrected chi connectivity index (χ0v) is 14.6. The van der Waals surface area contributed by atoms with Gasteiger partial charge < -0.3 is 19.7 Å². The number of likely N-dealkylation sites (N-methyl/N-ethyl adjacent to an activating group) is 1. The lowest BCUT2D eigenvalue weighted by molar-refractivity contribution is 0.0779. The molecule has 0 saturated carbocycles. The smallest absolute Gasteiger partial charge is 0.168 e. The normalized spacial score (nSPS) is 15.6. The minimum absolute atomic E-state index is 0.0289. The zero-order valence-electron chi connectivity index (χ0n) is 13.8. The number of hydrogen-bond donors (Lipinski definition) is 1. The third kappa shape index (κ3) is 4.38. The van der Waals surface area contributed by atoms with Crippen molar-refractivity contribution in [3.05, 3.63) is 60.2 Å². The minimum Gasteiger partial charge on any atom is -0.486 e. The highest BCUT2D eigenvalue weighted by Gasteiger charge is 2.22. The van der Waals surface area contributed by atoms with Crippen LogP contribution in [0.5, 0.6) is 11.5 Å². The number of thiocarbonyl (C=S) groups is 1. The first-order valence-electron chi connectivity index (χ1n) is 8.14. The van der Waals surface area contributed by atoms with Crippen molar-refractivity contribution in [3.8, 4) is 11.5 Å². The predicted molar refractivity (Wildman–Crippen MR) is 99.7 cm³/mol. The molecule has 3 rings (SSSR count). The maximum Gasteiger partial charge on any atom is 0.168 e. The van der Waals surface area contributed by atoms with Crippen LogP contribution in [-0.2, 0) is 6.42 Å². The molecular weight excluding hydrogens is 320 g/mol. The average molecular weight is 342 g/mol. The van der Waals surface area contributed by atoms with Crippen LogP contribution in [0.25, 0.3) is 0 Å². The van der Waals surface area contributed by atoms with E-state index in [9.17, 15) is 0 Å². The molecule has 0 spiro atoms. The van der Waals surface area contributed by atoms with Gasteiger partial charge in [0, 0.05) is 13.6 Å². The lowest BCUT2D eigenvalue weighted by Gasteiger charge is -2.30. The lowest BCUT2D eigenvalue weighted by atomic mass is 10.1. The highest BCUT2D eigenvalue weighted by molar-refractivity contribution is 7.80. The van der Waals surface area contributed by atoms with Gasteiger partial charge in [-0.3, -0.25) is 0 Å². The summed E-state index contributed by atoms with van der Waals surface area (Å²) in [6.07, 6.45) is 0.921. The second-order valence-corrected chi connectivity index (χ2v) is 6.23. The van der Waals surface area contributed by atoms with E-state index in [1.165, 1.54) is 5.56 Å². The minimum atomic E-state index is -0.0289. The maximum atomic E-state index is 5.97. The van der Waals surface area contributed by atoms with Crippen LogP contribution in [0.15, 0.2) is 54.6 Å². The molecule has 1 atom stereocenters. The Morgan fingerprint density at radius 2 is 1.83 bits per heavy atom. The molecule has 5 heteroatoms. The van der Waals surface area contributed by atoms with E-state index in [0.29, 0.717) is 13.2 Å². The van der Waals surface area contributed by atoms with Gasteiger partial charge in [0.15, 0.2) is 22.7 Å². The van der Waals surface area contributed by atoms with Crippen molar-refractivity contribution in [2.24, 2.45) is 0 Å². The highest BCUT2D eigenvalue weighted by atomic mass is 32.1. The summed E-state index contributed by atoms with van der Waals surface area (Å²) < 4.78 is 11.7. The van der Waals surface area contributed by atoms with E-state index in [2.05, 4.69) is 29.6 Å². The van der Waals surface area contributed by atoms with Crippen molar-refractivity contribution in [1.82, 2.24) is 10.2 Å². The Balaban J connectivity index is 1.43. The number of nitrogens with zero attached hydrogens (tertiary/aromatic N) is 1. The number of rotatable bonds is 5. The van der Waals surface area contributed by atoms with Gasteiger partial charge in [-0.15, -0.1) is 0 Å². The van der Waals surface area contributed by atoms with Crippen molar-refractivity contribution in [2.45, 2.75) is 12.5 Å². The van der Waals surface area contributed by atoms with Gasteiger partial charge in [-0.25, -0.2) is 0 Å². The fourth-order valence-electron chi connectivity index (χ4n) is 2.63. The largest absolute Gasteiger partial charge is 0.486 e. The van der Waals surface area contributed by atoms with Gasteiger partial charge in [0.1, 0.15) is 6.61 Å². The van der Waals surface area contributed by atoms with Gasteiger partial charge in [0.05, 0.1) is 6.54 Å². The van der Waals surface area contributed by atoms with Gasteiger partial charge in [0.25, 0.3) is 0 Å². The van der Waals surface area contributed by atoms with Crippen LogP contribution >= 0.6 is 12.2 Å². The molecule has 0 bridgehead atoms. The Kier molecular flexibility index (Phi) is 5.54. The molecule has 0 aromatic heterocycles. The summed E-state index contributed by atoms with van der Waals surface area (Å²) in [4.78, 5) is 2.00. The van der Waals surface area contributed by atoms with E-state index < -0.39 is 0 Å². The van der Waals surface area contributed by atoms with E-state index >= 15 is 0 Å². The van der Waals surface area contributed by atoms with Crippen molar-refractivity contribution >= 4 is 17.3 Å². The first-order valence-corrected chi connectivity index (χ1v) is 8.54. The molecule has 4 nitrogen and oxygen atoms in total. The van der Waals surface area contributed by atoms with E-state index in [4.69, 9.17) is 21.7 Å². The molecule has 0 saturated heterocycles. The SMILES string of the molecule is CN(C[C@@H]1COc2ccccc2O1)C(=S)NCCc1ccccc1. The van der Waals surface area contributed by atoms with Crippen molar-refractivity contribution < 1.29 is 9.47 Å². The summed E-state index contributed by atoms with van der Waals surface area (Å²) in [6, 6.07) is 18.1. The topological polar surface area (TPSA) is 33.7 Å². The molecule has 1 heterocycles. The Labute approximate surface area is 148 Å². The summed E-state index contributed by atoms with van der Waals surface area (Å²) >= 11 is 5.46. The molecule has 1 aliphatic heterocycles. The highest BCUT2D eigenvalue weighted by Crippen LogP contribution is 2.30. The van der Waals surface area contributed by atoms with Gasteiger partial charge in [-0.1, -0.05) is 42.5 Å².